The zero-order chi connectivity index (χ0) is 18.5. The van der Waals surface area contributed by atoms with Gasteiger partial charge >= 0.3 is 0 Å². The first-order valence-corrected chi connectivity index (χ1v) is 8.60. The molecule has 0 aliphatic rings. The summed E-state index contributed by atoms with van der Waals surface area (Å²) in [6, 6.07) is 14.5. The number of ether oxygens (including phenoxy) is 1. The Morgan fingerprint density at radius 1 is 1.19 bits per heavy atom. The highest BCUT2D eigenvalue weighted by atomic mass is 32.1. The fourth-order valence-electron chi connectivity index (χ4n) is 2.70. The topological polar surface area (TPSA) is 76.1 Å². The normalized spacial score (nSPS) is 10.8. The highest BCUT2D eigenvalue weighted by Gasteiger charge is 2.08. The van der Waals surface area contributed by atoms with Crippen molar-refractivity contribution in [3.8, 4) is 5.69 Å². The van der Waals surface area contributed by atoms with E-state index < -0.39 is 0 Å². The largest absolute Gasteiger partial charge is 0.383 e. The third kappa shape index (κ3) is 3.89. The van der Waals surface area contributed by atoms with Crippen LogP contribution in [-0.2, 0) is 16.0 Å². The lowest BCUT2D eigenvalue weighted by atomic mass is 10.1. The Morgan fingerprint density at radius 2 is 1.92 bits per heavy atom. The number of carbonyl (C=O) groups is 1. The third-order valence-electron chi connectivity index (χ3n) is 3.99. The van der Waals surface area contributed by atoms with Gasteiger partial charge in [0.25, 0.3) is 5.56 Å². The summed E-state index contributed by atoms with van der Waals surface area (Å²) in [5, 5.41) is 3.35. The molecule has 1 amide bonds. The van der Waals surface area contributed by atoms with Gasteiger partial charge in [0.1, 0.15) is 0 Å². The zero-order valence-electron chi connectivity index (χ0n) is 14.3. The fourth-order valence-corrected chi connectivity index (χ4v) is 3.00. The number of H-pyrrole nitrogens is 1. The fraction of sp³-hybridized carbons (Fsp3) is 0.211. The van der Waals surface area contributed by atoms with Crippen molar-refractivity contribution in [1.82, 2.24) is 14.9 Å². The predicted molar refractivity (Wildman–Crippen MR) is 103 cm³/mol. The van der Waals surface area contributed by atoms with E-state index in [9.17, 15) is 9.59 Å². The molecule has 3 rings (SSSR count). The van der Waals surface area contributed by atoms with Gasteiger partial charge in [0.05, 0.1) is 29.6 Å². The first kappa shape index (κ1) is 18.0. The molecule has 0 saturated carbocycles. The minimum absolute atomic E-state index is 0.0741. The van der Waals surface area contributed by atoms with Crippen molar-refractivity contribution in [2.75, 3.05) is 20.3 Å². The van der Waals surface area contributed by atoms with Gasteiger partial charge in [0, 0.05) is 13.7 Å². The molecule has 0 bridgehead atoms. The Kier molecular flexibility index (Phi) is 5.60. The molecular weight excluding hydrogens is 350 g/mol. The van der Waals surface area contributed by atoms with Crippen molar-refractivity contribution in [2.45, 2.75) is 6.42 Å². The monoisotopic (exact) mass is 369 g/mol. The lowest BCUT2D eigenvalue weighted by Crippen LogP contribution is -2.28. The third-order valence-corrected chi connectivity index (χ3v) is 4.28. The van der Waals surface area contributed by atoms with E-state index >= 15 is 0 Å². The van der Waals surface area contributed by atoms with Gasteiger partial charge in [-0.25, -0.2) is 0 Å². The van der Waals surface area contributed by atoms with Crippen LogP contribution in [0.3, 0.4) is 0 Å². The molecule has 26 heavy (non-hydrogen) atoms. The van der Waals surface area contributed by atoms with Gasteiger partial charge in [-0.05, 0) is 42.0 Å². The Balaban J connectivity index is 1.85. The highest BCUT2D eigenvalue weighted by molar-refractivity contribution is 7.71. The minimum Gasteiger partial charge on any atom is -0.383 e. The standard InChI is InChI=1S/C19H19N3O3S/c1-25-11-10-20-17(23)12-13-6-8-14(9-7-13)22-18(24)15-4-2-3-5-16(15)21-19(22)26/h2-9H,10-12H2,1H3,(H,20,23)(H,21,26). The summed E-state index contributed by atoms with van der Waals surface area (Å²) >= 11 is 5.34. The molecule has 6 nitrogen and oxygen atoms in total. The number of carbonyl (C=O) groups excluding carboxylic acids is 1. The summed E-state index contributed by atoms with van der Waals surface area (Å²) in [4.78, 5) is 27.7. The molecule has 3 aromatic rings. The number of nitrogens with zero attached hydrogens (tertiary/aromatic N) is 1. The van der Waals surface area contributed by atoms with Gasteiger partial charge in [-0.15, -0.1) is 0 Å². The lowest BCUT2D eigenvalue weighted by Gasteiger charge is -2.09. The van der Waals surface area contributed by atoms with Gasteiger partial charge in [-0.3, -0.25) is 14.2 Å². The van der Waals surface area contributed by atoms with Crippen LogP contribution in [0.4, 0.5) is 0 Å². The smallest absolute Gasteiger partial charge is 0.266 e. The number of benzene rings is 2. The molecular formula is C19H19N3O3S. The maximum Gasteiger partial charge on any atom is 0.266 e. The van der Waals surface area contributed by atoms with Gasteiger partial charge in [-0.2, -0.15) is 0 Å². The molecule has 2 N–H and O–H groups in total. The molecule has 0 aliphatic heterocycles. The zero-order valence-corrected chi connectivity index (χ0v) is 15.1. The molecule has 2 aromatic carbocycles. The number of methoxy groups -OCH3 is 1. The van der Waals surface area contributed by atoms with Crippen molar-refractivity contribution in [1.29, 1.82) is 0 Å². The second-order valence-electron chi connectivity index (χ2n) is 5.80. The Bertz CT molecular complexity index is 1040. The highest BCUT2D eigenvalue weighted by Crippen LogP contribution is 2.12. The van der Waals surface area contributed by atoms with E-state index in [-0.39, 0.29) is 17.9 Å². The van der Waals surface area contributed by atoms with Crippen LogP contribution in [0.15, 0.2) is 53.3 Å². The lowest BCUT2D eigenvalue weighted by molar-refractivity contribution is -0.120. The Labute approximate surface area is 155 Å². The van der Waals surface area contributed by atoms with Crippen molar-refractivity contribution < 1.29 is 9.53 Å². The van der Waals surface area contributed by atoms with Crippen LogP contribution in [0.1, 0.15) is 5.56 Å². The van der Waals surface area contributed by atoms with Gasteiger partial charge in [0.15, 0.2) is 4.77 Å². The summed E-state index contributed by atoms with van der Waals surface area (Å²) in [7, 11) is 1.59. The van der Waals surface area contributed by atoms with Crippen molar-refractivity contribution in [3.05, 3.63) is 69.2 Å². The predicted octanol–water partition coefficient (Wildman–Crippen LogP) is 2.35. The van der Waals surface area contributed by atoms with E-state index in [1.807, 2.05) is 30.3 Å². The number of rotatable bonds is 6. The summed E-state index contributed by atoms with van der Waals surface area (Å²) in [6.45, 7) is 0.961. The van der Waals surface area contributed by atoms with Gasteiger partial charge in [-0.1, -0.05) is 24.3 Å². The van der Waals surface area contributed by atoms with E-state index in [0.29, 0.717) is 34.5 Å². The van der Waals surface area contributed by atoms with Crippen LogP contribution < -0.4 is 10.9 Å². The Morgan fingerprint density at radius 3 is 2.65 bits per heavy atom. The van der Waals surface area contributed by atoms with Crippen molar-refractivity contribution in [2.24, 2.45) is 0 Å². The quantitative estimate of drug-likeness (QED) is 0.517. The molecule has 1 aromatic heterocycles. The second kappa shape index (κ2) is 8.07. The average molecular weight is 369 g/mol. The second-order valence-corrected chi connectivity index (χ2v) is 6.19. The number of hydrogen-bond donors (Lipinski definition) is 2. The van der Waals surface area contributed by atoms with Gasteiger partial charge < -0.3 is 15.0 Å². The molecule has 0 saturated heterocycles. The van der Waals surface area contributed by atoms with E-state index in [2.05, 4.69) is 10.3 Å². The van der Waals surface area contributed by atoms with E-state index in [4.69, 9.17) is 17.0 Å². The summed E-state index contributed by atoms with van der Waals surface area (Å²) in [5.41, 5.74) is 2.05. The number of hydrogen-bond acceptors (Lipinski definition) is 4. The molecule has 0 fully saturated rings. The molecule has 0 aliphatic carbocycles. The maximum atomic E-state index is 12.8. The number of fused-ring (bicyclic) bond motifs is 1. The molecule has 0 atom stereocenters. The number of aromatic nitrogens is 2. The van der Waals surface area contributed by atoms with Crippen LogP contribution in [0, 0.1) is 4.77 Å². The van der Waals surface area contributed by atoms with Crippen LogP contribution in [0.5, 0.6) is 0 Å². The molecule has 0 spiro atoms. The molecule has 134 valence electrons. The average Bonchev–Trinajstić information content (AvgIpc) is 2.63. The van der Waals surface area contributed by atoms with Crippen molar-refractivity contribution >= 4 is 29.0 Å². The van der Waals surface area contributed by atoms with Crippen LogP contribution in [-0.4, -0.2) is 35.7 Å². The van der Waals surface area contributed by atoms with Gasteiger partial charge in [0.2, 0.25) is 5.91 Å². The Hall–Kier alpha value is -2.77. The molecule has 7 heteroatoms. The molecule has 1 heterocycles. The first-order valence-electron chi connectivity index (χ1n) is 8.19. The summed E-state index contributed by atoms with van der Waals surface area (Å²) in [6.07, 6.45) is 0.267. The number of aromatic amines is 1. The van der Waals surface area contributed by atoms with Crippen molar-refractivity contribution in [3.63, 3.8) is 0 Å². The number of nitrogens with one attached hydrogen (secondary N) is 2. The van der Waals surface area contributed by atoms with Crippen LogP contribution in [0.2, 0.25) is 0 Å². The minimum atomic E-state index is -0.172. The van der Waals surface area contributed by atoms with E-state index in [1.54, 1.807) is 25.3 Å². The molecule has 0 radical (unpaired) electrons. The number of para-hydroxylation sites is 1. The van der Waals surface area contributed by atoms with Crippen LogP contribution in [0.25, 0.3) is 16.6 Å². The van der Waals surface area contributed by atoms with Crippen LogP contribution >= 0.6 is 12.2 Å². The van der Waals surface area contributed by atoms with E-state index in [1.165, 1.54) is 4.57 Å². The maximum absolute atomic E-state index is 12.8. The SMILES string of the molecule is COCCNC(=O)Cc1ccc(-n2c(=S)[nH]c3ccccc3c2=O)cc1. The summed E-state index contributed by atoms with van der Waals surface area (Å²) < 4.78 is 6.69. The summed E-state index contributed by atoms with van der Waals surface area (Å²) in [5.74, 6) is -0.0741. The first-order chi connectivity index (χ1) is 12.6. The number of amides is 1. The van der Waals surface area contributed by atoms with E-state index in [0.717, 1.165) is 5.56 Å². The molecule has 0 unspecified atom stereocenters.